The molecule has 0 spiro atoms. The topological polar surface area (TPSA) is 63.2 Å². The van der Waals surface area contributed by atoms with Crippen LogP contribution in [0.3, 0.4) is 0 Å². The van der Waals surface area contributed by atoms with Gasteiger partial charge in [-0.25, -0.2) is 0 Å². The van der Waals surface area contributed by atoms with Gasteiger partial charge in [-0.3, -0.25) is 14.4 Å². The van der Waals surface area contributed by atoms with Gasteiger partial charge in [0, 0.05) is 30.3 Å². The summed E-state index contributed by atoms with van der Waals surface area (Å²) in [5, 5.41) is 3.38. The van der Waals surface area contributed by atoms with Gasteiger partial charge < -0.3 is 5.32 Å². The lowest BCUT2D eigenvalue weighted by atomic mass is 9.86. The first-order valence-corrected chi connectivity index (χ1v) is 9.80. The molecule has 3 rings (SSSR count). The summed E-state index contributed by atoms with van der Waals surface area (Å²) in [4.78, 5) is 37.9. The van der Waals surface area contributed by atoms with Gasteiger partial charge in [0.25, 0.3) is 0 Å². The molecule has 2 aromatic rings. The molecule has 1 amide bonds. The Morgan fingerprint density at radius 3 is 2.39 bits per heavy atom. The summed E-state index contributed by atoms with van der Waals surface area (Å²) >= 11 is 6.10. The van der Waals surface area contributed by atoms with Gasteiger partial charge in [0.2, 0.25) is 5.91 Å². The van der Waals surface area contributed by atoms with E-state index in [2.05, 4.69) is 5.32 Å². The Labute approximate surface area is 170 Å². The van der Waals surface area contributed by atoms with Gasteiger partial charge in [-0.2, -0.15) is 0 Å². The van der Waals surface area contributed by atoms with Crippen LogP contribution in [0.25, 0.3) is 0 Å². The molecule has 1 saturated carbocycles. The van der Waals surface area contributed by atoms with Gasteiger partial charge in [0.15, 0.2) is 5.78 Å². The molecule has 5 heteroatoms. The van der Waals surface area contributed by atoms with Crippen molar-refractivity contribution in [1.29, 1.82) is 0 Å². The van der Waals surface area contributed by atoms with Crippen LogP contribution >= 0.6 is 11.6 Å². The van der Waals surface area contributed by atoms with E-state index < -0.39 is 11.8 Å². The molecule has 2 aromatic carbocycles. The van der Waals surface area contributed by atoms with E-state index in [0.717, 1.165) is 27.8 Å². The number of rotatable bonds is 5. The summed E-state index contributed by atoms with van der Waals surface area (Å²) in [6.45, 7) is 6.15. The molecule has 1 aliphatic carbocycles. The SMILES string of the molecule is Cc1cc(C)c(C2C(=O)CC(CC(=O)NCc3ccccc3Cl)C2=O)c(C)c1. The second kappa shape index (κ2) is 8.27. The molecule has 28 heavy (non-hydrogen) atoms. The first kappa shape index (κ1) is 20.3. The van der Waals surface area contributed by atoms with Crippen molar-refractivity contribution in [1.82, 2.24) is 5.32 Å². The molecular weight excluding hydrogens is 374 g/mol. The third kappa shape index (κ3) is 4.17. The number of hydrogen-bond donors (Lipinski definition) is 1. The fraction of sp³-hybridized carbons (Fsp3) is 0.348. The van der Waals surface area contributed by atoms with Gasteiger partial charge in [-0.1, -0.05) is 47.5 Å². The fourth-order valence-corrected chi connectivity index (χ4v) is 4.31. The van der Waals surface area contributed by atoms with Crippen molar-refractivity contribution in [2.45, 2.75) is 46.1 Å². The Hall–Kier alpha value is -2.46. The quantitative estimate of drug-likeness (QED) is 0.768. The predicted molar refractivity (Wildman–Crippen MR) is 109 cm³/mol. The van der Waals surface area contributed by atoms with Crippen molar-refractivity contribution in [2.75, 3.05) is 0 Å². The molecule has 0 bridgehead atoms. The van der Waals surface area contributed by atoms with E-state index in [0.29, 0.717) is 11.6 Å². The molecule has 4 nitrogen and oxygen atoms in total. The molecule has 1 N–H and O–H groups in total. The summed E-state index contributed by atoms with van der Waals surface area (Å²) < 4.78 is 0. The number of carbonyl (C=O) groups is 3. The summed E-state index contributed by atoms with van der Waals surface area (Å²) in [5.41, 5.74) is 4.63. The van der Waals surface area contributed by atoms with Crippen molar-refractivity contribution in [3.05, 3.63) is 69.2 Å². The molecule has 0 heterocycles. The van der Waals surface area contributed by atoms with Crippen LogP contribution < -0.4 is 5.32 Å². The number of amides is 1. The minimum atomic E-state index is -0.748. The maximum Gasteiger partial charge on any atom is 0.221 e. The van der Waals surface area contributed by atoms with Crippen molar-refractivity contribution in [2.24, 2.45) is 5.92 Å². The summed E-state index contributed by atoms with van der Waals surface area (Å²) in [6, 6.07) is 11.3. The van der Waals surface area contributed by atoms with E-state index in [1.807, 2.05) is 51.1 Å². The number of hydrogen-bond acceptors (Lipinski definition) is 3. The van der Waals surface area contributed by atoms with Crippen LogP contribution in [0.2, 0.25) is 5.02 Å². The predicted octanol–water partition coefficient (Wildman–Crippen LogP) is 4.21. The molecule has 1 aliphatic rings. The molecule has 2 unspecified atom stereocenters. The number of ketones is 2. The van der Waals surface area contributed by atoms with E-state index >= 15 is 0 Å². The number of carbonyl (C=O) groups excluding carboxylic acids is 3. The highest BCUT2D eigenvalue weighted by molar-refractivity contribution is 6.31. The fourth-order valence-electron chi connectivity index (χ4n) is 4.11. The van der Waals surface area contributed by atoms with Gasteiger partial charge in [0.05, 0.1) is 0 Å². The highest BCUT2D eigenvalue weighted by Crippen LogP contribution is 2.37. The molecule has 0 aliphatic heterocycles. The van der Waals surface area contributed by atoms with E-state index in [9.17, 15) is 14.4 Å². The van der Waals surface area contributed by atoms with Crippen LogP contribution in [0.5, 0.6) is 0 Å². The van der Waals surface area contributed by atoms with Gasteiger partial charge >= 0.3 is 0 Å². The Morgan fingerprint density at radius 2 is 1.75 bits per heavy atom. The Balaban J connectivity index is 1.69. The minimum absolute atomic E-state index is 0.0233. The first-order chi connectivity index (χ1) is 13.3. The molecule has 146 valence electrons. The van der Waals surface area contributed by atoms with Gasteiger partial charge in [-0.15, -0.1) is 0 Å². The number of halogens is 1. The Kier molecular flexibility index (Phi) is 5.99. The maximum absolute atomic E-state index is 12.9. The van der Waals surface area contributed by atoms with E-state index in [1.54, 1.807) is 6.07 Å². The van der Waals surface area contributed by atoms with Crippen LogP contribution in [0.1, 0.15) is 46.6 Å². The summed E-state index contributed by atoms with van der Waals surface area (Å²) in [6.07, 6.45) is 0.144. The van der Waals surface area contributed by atoms with Gasteiger partial charge in [-0.05, 0) is 49.1 Å². The second-order valence-electron chi connectivity index (χ2n) is 7.59. The lowest BCUT2D eigenvalue weighted by Crippen LogP contribution is -2.27. The number of Topliss-reactive ketones (excluding diaryl/α,β-unsaturated/α-hetero) is 2. The third-order valence-corrected chi connectivity index (χ3v) is 5.72. The smallest absolute Gasteiger partial charge is 0.221 e. The zero-order valence-electron chi connectivity index (χ0n) is 16.3. The largest absolute Gasteiger partial charge is 0.352 e. The molecule has 0 radical (unpaired) electrons. The lowest BCUT2D eigenvalue weighted by molar-refractivity contribution is -0.128. The van der Waals surface area contributed by atoms with Crippen LogP contribution in [0.15, 0.2) is 36.4 Å². The first-order valence-electron chi connectivity index (χ1n) is 9.42. The highest BCUT2D eigenvalue weighted by atomic mass is 35.5. The molecule has 2 atom stereocenters. The van der Waals surface area contributed by atoms with Crippen molar-refractivity contribution in [3.63, 3.8) is 0 Å². The lowest BCUT2D eigenvalue weighted by Gasteiger charge is -2.16. The van der Waals surface area contributed by atoms with Crippen LogP contribution in [-0.4, -0.2) is 17.5 Å². The number of aryl methyl sites for hydroxylation is 3. The maximum atomic E-state index is 12.9. The Morgan fingerprint density at radius 1 is 1.11 bits per heavy atom. The van der Waals surface area contributed by atoms with E-state index in [4.69, 9.17) is 11.6 Å². The van der Waals surface area contributed by atoms with Crippen molar-refractivity contribution >= 4 is 29.1 Å². The standard InChI is InChI=1S/C23H24ClNO3/c1-13-8-14(2)21(15(3)9-13)22-19(26)10-17(23(22)28)11-20(27)25-12-16-6-4-5-7-18(16)24/h4-9,17,22H,10-12H2,1-3H3,(H,25,27). The zero-order valence-corrected chi connectivity index (χ0v) is 17.1. The average molecular weight is 398 g/mol. The minimum Gasteiger partial charge on any atom is -0.352 e. The third-order valence-electron chi connectivity index (χ3n) is 5.35. The summed E-state index contributed by atoms with van der Waals surface area (Å²) in [5.74, 6) is -1.80. The average Bonchev–Trinajstić information content (AvgIpc) is 2.88. The van der Waals surface area contributed by atoms with Crippen LogP contribution in [0.4, 0.5) is 0 Å². The second-order valence-corrected chi connectivity index (χ2v) is 7.99. The molecular formula is C23H24ClNO3. The Bertz CT molecular complexity index is 928. The molecule has 0 aromatic heterocycles. The van der Waals surface area contributed by atoms with Crippen molar-refractivity contribution < 1.29 is 14.4 Å². The summed E-state index contributed by atoms with van der Waals surface area (Å²) in [7, 11) is 0. The highest BCUT2D eigenvalue weighted by Gasteiger charge is 2.43. The van der Waals surface area contributed by atoms with Crippen LogP contribution in [0, 0.1) is 26.7 Å². The van der Waals surface area contributed by atoms with Gasteiger partial charge in [0.1, 0.15) is 11.7 Å². The van der Waals surface area contributed by atoms with E-state index in [-0.39, 0.29) is 30.3 Å². The normalized spacial score (nSPS) is 19.1. The molecule has 1 fully saturated rings. The van der Waals surface area contributed by atoms with Crippen molar-refractivity contribution in [3.8, 4) is 0 Å². The monoisotopic (exact) mass is 397 g/mol. The molecule has 0 saturated heterocycles. The zero-order chi connectivity index (χ0) is 20.4. The van der Waals surface area contributed by atoms with E-state index in [1.165, 1.54) is 0 Å². The van der Waals surface area contributed by atoms with Crippen LogP contribution in [-0.2, 0) is 20.9 Å². The number of benzene rings is 2. The number of nitrogens with one attached hydrogen (secondary N) is 1.